The van der Waals surface area contributed by atoms with Crippen molar-refractivity contribution >= 4 is 27.3 Å². The zero-order valence-electron chi connectivity index (χ0n) is 14.5. The van der Waals surface area contributed by atoms with E-state index in [0.29, 0.717) is 23.7 Å². The normalized spacial score (nSPS) is 15.7. The molecule has 0 aliphatic carbocycles. The highest BCUT2D eigenvalue weighted by Gasteiger charge is 2.32. The Kier molecular flexibility index (Phi) is 5.09. The number of hydrogen-bond acceptors (Lipinski definition) is 6. The van der Waals surface area contributed by atoms with E-state index in [9.17, 15) is 13.2 Å². The fraction of sp³-hybridized carbons (Fsp3) is 0.353. The topological polar surface area (TPSA) is 94.4 Å². The van der Waals surface area contributed by atoms with E-state index in [1.165, 1.54) is 27.8 Å². The number of benzene rings is 1. The Morgan fingerprint density at radius 3 is 2.42 bits per heavy atom. The average molecular weight is 390 g/mol. The van der Waals surface area contributed by atoms with Gasteiger partial charge in [-0.15, -0.1) is 11.3 Å². The maximum Gasteiger partial charge on any atom is 0.265 e. The first-order valence-corrected chi connectivity index (χ1v) is 10.3. The van der Waals surface area contributed by atoms with Crippen molar-refractivity contribution in [3.05, 3.63) is 45.4 Å². The number of carbonyl (C=O) groups excluding carboxylic acids is 1. The molecule has 26 heavy (non-hydrogen) atoms. The molecule has 1 aliphatic rings. The number of amides is 1. The van der Waals surface area contributed by atoms with Gasteiger partial charge in [0, 0.05) is 26.2 Å². The number of aryl methyl sites for hydroxylation is 2. The van der Waals surface area contributed by atoms with E-state index in [0.717, 1.165) is 5.01 Å². The second-order valence-electron chi connectivity index (χ2n) is 5.95. The van der Waals surface area contributed by atoms with E-state index in [1.54, 1.807) is 24.0 Å². The lowest BCUT2D eigenvalue weighted by Crippen LogP contribution is -2.50. The van der Waals surface area contributed by atoms with E-state index >= 15 is 0 Å². The van der Waals surface area contributed by atoms with Gasteiger partial charge in [0.15, 0.2) is 0 Å². The molecule has 1 saturated heterocycles. The van der Waals surface area contributed by atoms with Gasteiger partial charge in [0.2, 0.25) is 10.0 Å². The highest BCUT2D eigenvalue weighted by atomic mass is 32.2. The van der Waals surface area contributed by atoms with Crippen LogP contribution in [0.2, 0.25) is 0 Å². The molecule has 0 spiro atoms. The summed E-state index contributed by atoms with van der Waals surface area (Å²) >= 11 is 1.35. The predicted molar refractivity (Wildman–Crippen MR) is 97.4 cm³/mol. The first-order chi connectivity index (χ1) is 12.3. The summed E-state index contributed by atoms with van der Waals surface area (Å²) in [6.45, 7) is 4.67. The lowest BCUT2D eigenvalue weighted by Gasteiger charge is -2.34. The van der Waals surface area contributed by atoms with Crippen LogP contribution < -0.4 is 0 Å². The van der Waals surface area contributed by atoms with Crippen molar-refractivity contribution in [1.29, 1.82) is 5.26 Å². The Morgan fingerprint density at radius 1 is 1.19 bits per heavy atom. The third kappa shape index (κ3) is 3.35. The second-order valence-corrected chi connectivity index (χ2v) is 9.06. The number of hydrogen-bond donors (Lipinski definition) is 0. The molecule has 2 heterocycles. The van der Waals surface area contributed by atoms with Crippen LogP contribution in [0.3, 0.4) is 0 Å². The number of nitriles is 1. The molecule has 0 N–H and O–H groups in total. The summed E-state index contributed by atoms with van der Waals surface area (Å²) < 4.78 is 27.0. The number of piperazine rings is 1. The van der Waals surface area contributed by atoms with Crippen molar-refractivity contribution in [1.82, 2.24) is 14.2 Å². The zero-order chi connectivity index (χ0) is 18.9. The molecule has 3 rings (SSSR count). The van der Waals surface area contributed by atoms with Crippen LogP contribution >= 0.6 is 11.3 Å². The van der Waals surface area contributed by atoms with E-state index in [1.807, 2.05) is 13.0 Å². The van der Waals surface area contributed by atoms with Crippen LogP contribution in [0.1, 0.15) is 25.9 Å². The first-order valence-electron chi connectivity index (χ1n) is 8.07. The van der Waals surface area contributed by atoms with Gasteiger partial charge in [-0.05, 0) is 26.0 Å². The maximum atomic E-state index is 12.8. The molecule has 1 fully saturated rings. The van der Waals surface area contributed by atoms with Crippen LogP contribution in [-0.2, 0) is 10.0 Å². The Hall–Kier alpha value is -2.28. The van der Waals surface area contributed by atoms with Gasteiger partial charge < -0.3 is 4.90 Å². The first kappa shape index (κ1) is 18.5. The van der Waals surface area contributed by atoms with Gasteiger partial charge in [-0.25, -0.2) is 13.4 Å². The molecule has 2 aromatic rings. The number of sulfonamides is 1. The predicted octanol–water partition coefficient (Wildman–Crippen LogP) is 1.78. The molecule has 9 heteroatoms. The zero-order valence-corrected chi connectivity index (χ0v) is 16.1. The number of thiazole rings is 1. The van der Waals surface area contributed by atoms with Crippen molar-refractivity contribution in [3.63, 3.8) is 0 Å². The van der Waals surface area contributed by atoms with Gasteiger partial charge in [0.05, 0.1) is 21.2 Å². The minimum atomic E-state index is -3.76. The summed E-state index contributed by atoms with van der Waals surface area (Å²) in [6.07, 6.45) is 0. The fourth-order valence-corrected chi connectivity index (χ4v) is 5.38. The van der Waals surface area contributed by atoms with Crippen LogP contribution in [0, 0.1) is 25.2 Å². The van der Waals surface area contributed by atoms with Gasteiger partial charge in [-0.3, -0.25) is 4.79 Å². The molecular weight excluding hydrogens is 372 g/mol. The molecule has 0 saturated carbocycles. The molecule has 0 radical (unpaired) electrons. The Morgan fingerprint density at radius 2 is 1.85 bits per heavy atom. The van der Waals surface area contributed by atoms with Crippen molar-refractivity contribution in [3.8, 4) is 6.07 Å². The number of nitrogens with zero attached hydrogens (tertiary/aromatic N) is 4. The van der Waals surface area contributed by atoms with Crippen molar-refractivity contribution in [2.45, 2.75) is 18.7 Å². The van der Waals surface area contributed by atoms with Gasteiger partial charge >= 0.3 is 0 Å². The summed E-state index contributed by atoms with van der Waals surface area (Å²) in [7, 11) is -3.76. The van der Waals surface area contributed by atoms with Gasteiger partial charge in [0.25, 0.3) is 5.91 Å². The standard InChI is InChI=1S/C17H18N4O3S2/c1-12-16(25-13(2)19-12)17(22)20-7-9-21(10-8-20)26(23,24)15-6-4-3-5-14(15)11-18/h3-6H,7-10H2,1-2H3. The van der Waals surface area contributed by atoms with Gasteiger partial charge in [-0.2, -0.15) is 9.57 Å². The quantitative estimate of drug-likeness (QED) is 0.796. The summed E-state index contributed by atoms with van der Waals surface area (Å²) in [5.74, 6) is -0.109. The van der Waals surface area contributed by atoms with E-state index in [-0.39, 0.29) is 29.5 Å². The summed E-state index contributed by atoms with van der Waals surface area (Å²) in [6, 6.07) is 8.08. The molecule has 0 unspecified atom stereocenters. The Labute approximate surface area is 156 Å². The van der Waals surface area contributed by atoms with Gasteiger partial charge in [-0.1, -0.05) is 12.1 Å². The molecule has 1 aromatic heterocycles. The lowest BCUT2D eigenvalue weighted by molar-refractivity contribution is 0.0702. The third-order valence-electron chi connectivity index (χ3n) is 4.25. The maximum absolute atomic E-state index is 12.8. The molecule has 0 atom stereocenters. The van der Waals surface area contributed by atoms with Gasteiger partial charge in [0.1, 0.15) is 10.9 Å². The molecule has 7 nitrogen and oxygen atoms in total. The Balaban J connectivity index is 1.75. The summed E-state index contributed by atoms with van der Waals surface area (Å²) in [5, 5.41) is 9.99. The van der Waals surface area contributed by atoms with Crippen LogP contribution in [0.5, 0.6) is 0 Å². The molecule has 136 valence electrons. The average Bonchev–Trinajstić information content (AvgIpc) is 2.99. The van der Waals surface area contributed by atoms with Crippen LogP contribution in [0.25, 0.3) is 0 Å². The molecule has 1 amide bonds. The van der Waals surface area contributed by atoms with Crippen LogP contribution in [-0.4, -0.2) is 54.7 Å². The van der Waals surface area contributed by atoms with E-state index in [2.05, 4.69) is 4.98 Å². The fourth-order valence-electron chi connectivity index (χ4n) is 2.93. The van der Waals surface area contributed by atoms with Crippen LogP contribution in [0.15, 0.2) is 29.2 Å². The van der Waals surface area contributed by atoms with Crippen molar-refractivity contribution in [2.75, 3.05) is 26.2 Å². The van der Waals surface area contributed by atoms with E-state index < -0.39 is 10.0 Å². The molecule has 1 aliphatic heterocycles. The van der Waals surface area contributed by atoms with Crippen molar-refractivity contribution in [2.24, 2.45) is 0 Å². The SMILES string of the molecule is Cc1nc(C)c(C(=O)N2CCN(S(=O)(=O)c3ccccc3C#N)CC2)s1. The monoisotopic (exact) mass is 390 g/mol. The molecule has 0 bridgehead atoms. The number of rotatable bonds is 3. The minimum absolute atomic E-state index is 0.0104. The smallest absolute Gasteiger partial charge is 0.265 e. The minimum Gasteiger partial charge on any atom is -0.335 e. The highest BCUT2D eigenvalue weighted by Crippen LogP contribution is 2.23. The highest BCUT2D eigenvalue weighted by molar-refractivity contribution is 7.89. The second kappa shape index (κ2) is 7.15. The third-order valence-corrected chi connectivity index (χ3v) is 7.27. The molecule has 1 aromatic carbocycles. The summed E-state index contributed by atoms with van der Waals surface area (Å²) in [5.41, 5.74) is 0.831. The summed E-state index contributed by atoms with van der Waals surface area (Å²) in [4.78, 5) is 19.2. The number of carbonyl (C=O) groups is 1. The Bertz CT molecular complexity index is 984. The van der Waals surface area contributed by atoms with Crippen LogP contribution in [0.4, 0.5) is 0 Å². The largest absolute Gasteiger partial charge is 0.335 e. The van der Waals surface area contributed by atoms with E-state index in [4.69, 9.17) is 5.26 Å². The number of aromatic nitrogens is 1. The molecular formula is C17H18N4O3S2. The van der Waals surface area contributed by atoms with Crippen molar-refractivity contribution < 1.29 is 13.2 Å². The lowest BCUT2D eigenvalue weighted by atomic mass is 10.2.